The topological polar surface area (TPSA) is 87.6 Å². The van der Waals surface area contributed by atoms with E-state index in [0.717, 1.165) is 0 Å². The lowest BCUT2D eigenvalue weighted by Gasteiger charge is -2.35. The fourth-order valence-corrected chi connectivity index (χ4v) is 3.57. The molecule has 0 aliphatic carbocycles. The van der Waals surface area contributed by atoms with Crippen molar-refractivity contribution in [3.05, 3.63) is 48.4 Å². The van der Waals surface area contributed by atoms with E-state index in [4.69, 9.17) is 4.74 Å². The number of fused-ring (bicyclic) bond motifs is 1. The lowest BCUT2D eigenvalue weighted by atomic mass is 9.94. The number of benzene rings is 2. The van der Waals surface area contributed by atoms with E-state index < -0.39 is 5.60 Å². The molecule has 2 aromatic carbocycles. The number of piperidine rings is 1. The van der Waals surface area contributed by atoms with Gasteiger partial charge in [0.1, 0.15) is 22.6 Å². The van der Waals surface area contributed by atoms with Gasteiger partial charge in [-0.15, -0.1) is 0 Å². The monoisotopic (exact) mass is 410 g/mol. The molecule has 30 heavy (non-hydrogen) atoms. The van der Waals surface area contributed by atoms with Crippen molar-refractivity contribution in [2.45, 2.75) is 25.4 Å². The maximum atomic E-state index is 13.7. The first-order chi connectivity index (χ1) is 14.4. The molecule has 8 heteroatoms. The molecule has 0 spiro atoms. The van der Waals surface area contributed by atoms with E-state index >= 15 is 0 Å². The first-order valence-electron chi connectivity index (χ1n) is 9.74. The number of carbonyl (C=O) groups excluding carboxylic acids is 1. The van der Waals surface area contributed by atoms with Crippen molar-refractivity contribution in [3.8, 4) is 16.9 Å². The number of nitrogens with one attached hydrogen (secondary N) is 1. The van der Waals surface area contributed by atoms with E-state index in [-0.39, 0.29) is 11.8 Å². The number of halogens is 1. The zero-order chi connectivity index (χ0) is 21.3. The third kappa shape index (κ3) is 4.04. The molecule has 0 radical (unpaired) electrons. The number of aliphatic hydroxyl groups is 1. The highest BCUT2D eigenvalue weighted by atomic mass is 19.1. The highest BCUT2D eigenvalue weighted by Crippen LogP contribution is 2.33. The van der Waals surface area contributed by atoms with E-state index in [0.29, 0.717) is 59.7 Å². The molecule has 0 saturated carbocycles. The molecule has 0 atom stereocenters. The number of likely N-dealkylation sites (tertiary alicyclic amines) is 1. The Labute approximate surface area is 173 Å². The lowest BCUT2D eigenvalue weighted by Crippen LogP contribution is -2.46. The summed E-state index contributed by atoms with van der Waals surface area (Å²) < 4.78 is 19.1. The molecule has 3 aromatic rings. The Morgan fingerprint density at radius 3 is 2.70 bits per heavy atom. The Balaban J connectivity index is 1.64. The Morgan fingerprint density at radius 1 is 1.23 bits per heavy atom. The average molecular weight is 410 g/mol. The van der Waals surface area contributed by atoms with Gasteiger partial charge in [-0.1, -0.05) is 12.1 Å². The predicted molar refractivity (Wildman–Crippen MR) is 112 cm³/mol. The van der Waals surface area contributed by atoms with Gasteiger partial charge in [0, 0.05) is 18.7 Å². The van der Waals surface area contributed by atoms with Crippen LogP contribution in [-0.2, 0) is 0 Å². The van der Waals surface area contributed by atoms with Gasteiger partial charge >= 0.3 is 6.03 Å². The van der Waals surface area contributed by atoms with Gasteiger partial charge in [-0.3, -0.25) is 5.32 Å². The molecule has 1 aromatic heterocycles. The van der Waals surface area contributed by atoms with Crippen LogP contribution in [0.5, 0.6) is 5.75 Å². The van der Waals surface area contributed by atoms with Gasteiger partial charge < -0.3 is 14.7 Å². The number of methoxy groups -OCH3 is 1. The molecule has 0 unspecified atom stereocenters. The summed E-state index contributed by atoms with van der Waals surface area (Å²) in [6.45, 7) is 2.71. The van der Waals surface area contributed by atoms with Crippen LogP contribution in [0.15, 0.2) is 42.6 Å². The Hall–Kier alpha value is -3.26. The summed E-state index contributed by atoms with van der Waals surface area (Å²) in [5, 5.41) is 12.8. The maximum Gasteiger partial charge on any atom is 0.323 e. The van der Waals surface area contributed by atoms with E-state index in [9.17, 15) is 14.3 Å². The van der Waals surface area contributed by atoms with Crippen LogP contribution in [0.4, 0.5) is 15.0 Å². The fraction of sp³-hybridized carbons (Fsp3) is 0.318. The maximum absolute atomic E-state index is 13.7. The molecular weight excluding hydrogens is 387 g/mol. The molecule has 1 aliphatic heterocycles. The molecule has 156 valence electrons. The van der Waals surface area contributed by atoms with Crippen LogP contribution < -0.4 is 10.1 Å². The minimum atomic E-state index is -0.736. The molecule has 2 N–H and O–H groups in total. The molecule has 2 heterocycles. The molecule has 7 nitrogen and oxygen atoms in total. The predicted octanol–water partition coefficient (Wildman–Crippen LogP) is 3.82. The molecule has 2 amide bonds. The number of hydrogen-bond donors (Lipinski definition) is 2. The number of aromatic nitrogens is 2. The highest BCUT2D eigenvalue weighted by Gasteiger charge is 2.29. The summed E-state index contributed by atoms with van der Waals surface area (Å²) in [5.41, 5.74) is 1.67. The average Bonchev–Trinajstić information content (AvgIpc) is 2.72. The molecule has 0 bridgehead atoms. The number of hydrogen-bond acceptors (Lipinski definition) is 5. The van der Waals surface area contributed by atoms with Crippen LogP contribution in [0.25, 0.3) is 22.2 Å². The molecule has 1 aliphatic rings. The zero-order valence-corrected chi connectivity index (χ0v) is 16.9. The van der Waals surface area contributed by atoms with Crippen molar-refractivity contribution < 1.29 is 19.0 Å². The number of amides is 2. The fourth-order valence-electron chi connectivity index (χ4n) is 3.57. The second-order valence-electron chi connectivity index (χ2n) is 7.69. The van der Waals surface area contributed by atoms with Crippen LogP contribution >= 0.6 is 0 Å². The van der Waals surface area contributed by atoms with Gasteiger partial charge in [0.2, 0.25) is 0 Å². The second kappa shape index (κ2) is 7.87. The minimum absolute atomic E-state index is 0.291. The van der Waals surface area contributed by atoms with Gasteiger partial charge in [-0.05, 0) is 49.6 Å². The summed E-state index contributed by atoms with van der Waals surface area (Å²) in [7, 11) is 1.53. The van der Waals surface area contributed by atoms with Crippen molar-refractivity contribution >= 4 is 22.9 Å². The van der Waals surface area contributed by atoms with E-state index in [1.54, 1.807) is 30.0 Å². The minimum Gasteiger partial charge on any atom is -0.494 e. The number of anilines is 1. The summed E-state index contributed by atoms with van der Waals surface area (Å²) >= 11 is 0. The van der Waals surface area contributed by atoms with Crippen molar-refractivity contribution in [3.63, 3.8) is 0 Å². The van der Waals surface area contributed by atoms with Gasteiger partial charge in [0.25, 0.3) is 0 Å². The first-order valence-corrected chi connectivity index (χ1v) is 9.74. The lowest BCUT2D eigenvalue weighted by molar-refractivity contribution is 0.00569. The number of carbonyl (C=O) groups is 1. The summed E-state index contributed by atoms with van der Waals surface area (Å²) in [6, 6.07) is 9.52. The molecule has 1 saturated heterocycles. The normalized spacial score (nSPS) is 15.8. The van der Waals surface area contributed by atoms with Gasteiger partial charge in [-0.2, -0.15) is 0 Å². The quantitative estimate of drug-likeness (QED) is 0.685. The first kappa shape index (κ1) is 20.0. The van der Waals surface area contributed by atoms with Crippen molar-refractivity contribution in [2.75, 3.05) is 25.5 Å². The number of rotatable bonds is 3. The molecular formula is C22H23FN4O3. The van der Waals surface area contributed by atoms with Crippen LogP contribution in [0.2, 0.25) is 0 Å². The van der Waals surface area contributed by atoms with E-state index in [2.05, 4.69) is 15.3 Å². The Kier molecular flexibility index (Phi) is 5.26. The van der Waals surface area contributed by atoms with Crippen molar-refractivity contribution in [1.82, 2.24) is 14.9 Å². The summed E-state index contributed by atoms with van der Waals surface area (Å²) in [5.74, 6) is 0.455. The van der Waals surface area contributed by atoms with E-state index in [1.165, 1.54) is 25.4 Å². The van der Waals surface area contributed by atoms with Gasteiger partial charge in [-0.25, -0.2) is 19.2 Å². The standard InChI is InChI=1S/C22H23FN4O3/c1-22(29)8-10-27(11-9-22)21(28)26-18-13-24-19-16(14-4-3-5-15(23)12-14)6-7-17(30-2)20(19)25-18/h3-7,12-13,29H,8-11H2,1-2H3,(H,25,26,28). The third-order valence-corrected chi connectivity index (χ3v) is 5.38. The number of urea groups is 1. The molecule has 1 fully saturated rings. The van der Waals surface area contributed by atoms with Crippen LogP contribution in [0, 0.1) is 5.82 Å². The smallest absolute Gasteiger partial charge is 0.323 e. The van der Waals surface area contributed by atoms with Crippen LogP contribution in [0.3, 0.4) is 0 Å². The number of nitrogens with zero attached hydrogens (tertiary/aromatic N) is 3. The molecule has 4 rings (SSSR count). The third-order valence-electron chi connectivity index (χ3n) is 5.38. The Bertz CT molecular complexity index is 1090. The highest BCUT2D eigenvalue weighted by molar-refractivity contribution is 5.96. The summed E-state index contributed by atoms with van der Waals surface area (Å²) in [6.07, 6.45) is 2.52. The van der Waals surface area contributed by atoms with Crippen LogP contribution in [-0.4, -0.2) is 51.8 Å². The van der Waals surface area contributed by atoms with E-state index in [1.807, 2.05) is 6.07 Å². The Morgan fingerprint density at radius 2 is 2.00 bits per heavy atom. The van der Waals surface area contributed by atoms with Crippen LogP contribution in [0.1, 0.15) is 19.8 Å². The number of ether oxygens (including phenoxy) is 1. The second-order valence-corrected chi connectivity index (χ2v) is 7.69. The van der Waals surface area contributed by atoms with Gasteiger partial charge in [0.15, 0.2) is 5.82 Å². The SMILES string of the molecule is COc1ccc(-c2cccc(F)c2)c2ncc(NC(=O)N3CCC(C)(O)CC3)nc12. The van der Waals surface area contributed by atoms with Crippen molar-refractivity contribution in [2.24, 2.45) is 0 Å². The zero-order valence-electron chi connectivity index (χ0n) is 16.9. The summed E-state index contributed by atoms with van der Waals surface area (Å²) in [4.78, 5) is 23.2. The van der Waals surface area contributed by atoms with Crippen molar-refractivity contribution in [1.29, 1.82) is 0 Å². The largest absolute Gasteiger partial charge is 0.494 e. The van der Waals surface area contributed by atoms with Gasteiger partial charge in [0.05, 0.1) is 18.9 Å².